The van der Waals surface area contributed by atoms with Crippen molar-refractivity contribution in [1.29, 1.82) is 0 Å². The second-order valence-electron chi connectivity index (χ2n) is 8.90. The van der Waals surface area contributed by atoms with Crippen molar-refractivity contribution in [2.45, 2.75) is 18.8 Å². The predicted octanol–water partition coefficient (Wildman–Crippen LogP) is 4.14. The zero-order chi connectivity index (χ0) is 21.5. The van der Waals surface area contributed by atoms with Crippen molar-refractivity contribution >= 4 is 17.7 Å². The van der Waals surface area contributed by atoms with Gasteiger partial charge in [-0.15, -0.1) is 16.8 Å². The van der Waals surface area contributed by atoms with Crippen molar-refractivity contribution in [2.75, 3.05) is 37.8 Å². The molecule has 1 aromatic heterocycles. The summed E-state index contributed by atoms with van der Waals surface area (Å²) in [6, 6.07) is 10.3. The number of rotatable bonds is 4. The molecule has 164 valence electrons. The van der Waals surface area contributed by atoms with Crippen molar-refractivity contribution in [3.63, 3.8) is 0 Å². The second kappa shape index (κ2) is 8.06. The van der Waals surface area contributed by atoms with Crippen LogP contribution >= 0.6 is 11.8 Å². The molecule has 0 radical (unpaired) electrons. The molecule has 6 rings (SSSR count). The maximum atomic E-state index is 13.0. The van der Waals surface area contributed by atoms with Gasteiger partial charge in [-0.2, -0.15) is 4.59 Å². The lowest BCUT2D eigenvalue weighted by Crippen LogP contribution is -2.56. The molecule has 4 aliphatic heterocycles. The van der Waals surface area contributed by atoms with Gasteiger partial charge in [-0.1, -0.05) is 35.5 Å². The molecule has 4 aliphatic rings. The predicted molar refractivity (Wildman–Crippen MR) is 125 cm³/mol. The summed E-state index contributed by atoms with van der Waals surface area (Å²) in [7, 11) is 0. The van der Waals surface area contributed by atoms with E-state index in [2.05, 4.69) is 46.7 Å². The summed E-state index contributed by atoms with van der Waals surface area (Å²) < 4.78 is 6.32. The normalized spacial score (nSPS) is 25.8. The number of piperidine rings is 1. The Labute approximate surface area is 192 Å². The topological polar surface area (TPSA) is 49.6 Å². The number of nitrogens with zero attached hydrogens (tertiary/aromatic N) is 4. The van der Waals surface area contributed by atoms with E-state index >= 15 is 0 Å². The number of hydrogen-bond acceptors (Lipinski definition) is 5. The Balaban J connectivity index is 1.17. The van der Waals surface area contributed by atoms with Gasteiger partial charge in [-0.25, -0.2) is 0 Å². The van der Waals surface area contributed by atoms with E-state index in [0.717, 1.165) is 67.5 Å². The van der Waals surface area contributed by atoms with Crippen LogP contribution in [0.3, 0.4) is 0 Å². The number of hydrogen-bond donors (Lipinski definition) is 0. The molecular weight excluding hydrogens is 420 g/mol. The first-order chi connectivity index (χ1) is 15.7. The van der Waals surface area contributed by atoms with Gasteiger partial charge in [-0.05, 0) is 24.8 Å². The molecule has 2 fully saturated rings. The third kappa shape index (κ3) is 3.27. The lowest BCUT2D eigenvalue weighted by Gasteiger charge is -2.42. The van der Waals surface area contributed by atoms with Gasteiger partial charge in [-0.3, -0.25) is 4.79 Å². The van der Waals surface area contributed by atoms with Gasteiger partial charge in [0.05, 0.1) is 17.6 Å². The third-order valence-corrected chi connectivity index (χ3v) is 8.11. The molecule has 0 bridgehead atoms. The van der Waals surface area contributed by atoms with E-state index in [9.17, 15) is 4.79 Å². The van der Waals surface area contributed by atoms with E-state index in [-0.39, 0.29) is 5.91 Å². The van der Waals surface area contributed by atoms with Crippen molar-refractivity contribution in [1.82, 2.24) is 15.1 Å². The number of allylic oxidation sites excluding steroid dienone is 3. The molecule has 1 amide bonds. The second-order valence-corrected chi connectivity index (χ2v) is 9.97. The molecule has 7 heteroatoms. The summed E-state index contributed by atoms with van der Waals surface area (Å²) in [5, 5.41) is 6.65. The molecule has 2 aromatic rings. The van der Waals surface area contributed by atoms with E-state index < -0.39 is 0 Å². The Morgan fingerprint density at radius 3 is 2.78 bits per heavy atom. The number of carbonyl (C=O) groups is 1. The molecule has 5 heterocycles. The number of aromatic nitrogens is 1. The monoisotopic (exact) mass is 447 g/mol. The number of carbonyl (C=O) groups excluding carboxylic acids is 1. The molecule has 0 saturated carbocycles. The van der Waals surface area contributed by atoms with E-state index in [1.165, 1.54) is 11.3 Å². The van der Waals surface area contributed by atoms with Crippen molar-refractivity contribution < 1.29 is 13.9 Å². The maximum Gasteiger partial charge on any atom is 0.256 e. The quantitative estimate of drug-likeness (QED) is 0.660. The average Bonchev–Trinajstić information content (AvgIpc) is 3.63. The molecule has 32 heavy (non-hydrogen) atoms. The molecule has 2 saturated heterocycles. The highest BCUT2D eigenvalue weighted by Gasteiger charge is 2.48. The van der Waals surface area contributed by atoms with Crippen LogP contribution in [0.5, 0.6) is 0 Å². The minimum absolute atomic E-state index is 0.211. The highest BCUT2D eigenvalue weighted by molar-refractivity contribution is 7.99. The van der Waals surface area contributed by atoms with Gasteiger partial charge in [0.15, 0.2) is 11.5 Å². The summed E-state index contributed by atoms with van der Waals surface area (Å²) in [6.07, 6.45) is 12.7. The van der Waals surface area contributed by atoms with Gasteiger partial charge in [0.25, 0.3) is 5.91 Å². The molecule has 1 aromatic carbocycles. The van der Waals surface area contributed by atoms with Crippen LogP contribution in [-0.4, -0.2) is 63.4 Å². The average molecular weight is 448 g/mol. The minimum atomic E-state index is 0.211. The Morgan fingerprint density at radius 2 is 2.00 bits per heavy atom. The summed E-state index contributed by atoms with van der Waals surface area (Å²) in [4.78, 5) is 15.0. The van der Waals surface area contributed by atoms with Gasteiger partial charge >= 0.3 is 0 Å². The number of thioether (sulfide) groups is 1. The highest BCUT2D eigenvalue weighted by atomic mass is 32.2. The van der Waals surface area contributed by atoms with Crippen LogP contribution in [0.4, 0.5) is 0 Å². The highest BCUT2D eigenvalue weighted by Crippen LogP contribution is 2.42. The van der Waals surface area contributed by atoms with E-state index in [0.29, 0.717) is 10.5 Å². The van der Waals surface area contributed by atoms with Crippen LogP contribution in [0, 0.1) is 0 Å². The van der Waals surface area contributed by atoms with Crippen molar-refractivity contribution in [2.24, 2.45) is 0 Å². The van der Waals surface area contributed by atoms with Crippen LogP contribution in [0.25, 0.3) is 11.3 Å². The fourth-order valence-electron chi connectivity index (χ4n) is 5.43. The smallest absolute Gasteiger partial charge is 0.256 e. The van der Waals surface area contributed by atoms with Crippen molar-refractivity contribution in [3.8, 4) is 11.3 Å². The summed E-state index contributed by atoms with van der Waals surface area (Å²) >= 11 is 1.84. The molecule has 0 spiro atoms. The van der Waals surface area contributed by atoms with E-state index in [1.807, 2.05) is 41.1 Å². The number of amides is 1. The minimum Gasteiger partial charge on any atom is -0.356 e. The first kappa shape index (κ1) is 20.0. The molecule has 0 aliphatic carbocycles. The van der Waals surface area contributed by atoms with Gasteiger partial charge < -0.3 is 9.42 Å². The van der Waals surface area contributed by atoms with Crippen LogP contribution in [0.2, 0.25) is 0 Å². The molecule has 6 nitrogen and oxygen atoms in total. The van der Waals surface area contributed by atoms with Crippen LogP contribution in [-0.2, 0) is 4.79 Å². The molecule has 1 atom stereocenters. The first-order valence-electron chi connectivity index (χ1n) is 11.4. The van der Waals surface area contributed by atoms with Crippen molar-refractivity contribution in [3.05, 3.63) is 77.8 Å². The van der Waals surface area contributed by atoms with E-state index in [1.54, 1.807) is 0 Å². The zero-order valence-electron chi connectivity index (χ0n) is 18.0. The summed E-state index contributed by atoms with van der Waals surface area (Å²) in [6.45, 7) is 3.54. The molecule has 0 N–H and O–H groups in total. The van der Waals surface area contributed by atoms with Crippen LogP contribution < -0.4 is 0 Å². The molecule has 0 unspecified atom stereocenters. The summed E-state index contributed by atoms with van der Waals surface area (Å²) in [5.41, 5.74) is 4.46. The van der Waals surface area contributed by atoms with Gasteiger partial charge in [0.2, 0.25) is 0 Å². The standard InChI is InChI=1S/C25H27N4O2S/c30-25(27-12-14-32-18-27)21-15-22-7-4-13-29(22,17-21)28-10-8-19(9-11-28)23-16-26-31-24(23)20-5-2-1-3-6-20/h1-7,13,15-16,19H,8-12,14,17-18H2/q+1/t29-/m1/s1. The van der Waals surface area contributed by atoms with Crippen LogP contribution in [0.15, 0.2) is 76.7 Å². The Morgan fingerprint density at radius 1 is 1.16 bits per heavy atom. The number of fused-ring (bicyclic) bond motifs is 1. The fraction of sp³-hybridized carbons (Fsp3) is 0.360. The third-order valence-electron chi connectivity index (χ3n) is 7.14. The van der Waals surface area contributed by atoms with Crippen LogP contribution in [0.1, 0.15) is 24.3 Å². The Hall–Kier alpha value is -2.61. The lowest BCUT2D eigenvalue weighted by molar-refractivity contribution is -0.949. The van der Waals surface area contributed by atoms with E-state index in [4.69, 9.17) is 4.52 Å². The van der Waals surface area contributed by atoms with Gasteiger partial charge in [0.1, 0.15) is 12.7 Å². The lowest BCUT2D eigenvalue weighted by atomic mass is 9.89. The number of benzene rings is 1. The Bertz CT molecular complexity index is 1110. The first-order valence-corrected chi connectivity index (χ1v) is 12.5. The van der Waals surface area contributed by atoms with Gasteiger partial charge in [0, 0.05) is 48.7 Å². The fourth-order valence-corrected chi connectivity index (χ4v) is 6.38. The Kier molecular flexibility index (Phi) is 5.05. The zero-order valence-corrected chi connectivity index (χ0v) is 18.8. The summed E-state index contributed by atoms with van der Waals surface area (Å²) in [5.74, 6) is 3.41. The molecular formula is C25H27N4O2S+. The number of quaternary nitrogens is 1. The SMILES string of the molecule is O=C(C1=CC2=CC=C[N@@+]2(N2CCC(c3cnoc3-c3ccccc3)CC2)C1)N1CCSC1. The maximum absolute atomic E-state index is 13.0. The largest absolute Gasteiger partial charge is 0.356 e.